The van der Waals surface area contributed by atoms with Crippen molar-refractivity contribution in [3.05, 3.63) is 29.3 Å². The molecule has 1 aromatic carbocycles. The number of aliphatic hydroxyl groups is 1. The third-order valence-corrected chi connectivity index (χ3v) is 2.39. The summed E-state index contributed by atoms with van der Waals surface area (Å²) in [5, 5.41) is 22.1. The summed E-state index contributed by atoms with van der Waals surface area (Å²) in [6, 6.07) is 5.14. The summed E-state index contributed by atoms with van der Waals surface area (Å²) in [5.41, 5.74) is 1.97. The van der Waals surface area contributed by atoms with Gasteiger partial charge in [-0.2, -0.15) is 0 Å². The maximum absolute atomic E-state index is 9.69. The van der Waals surface area contributed by atoms with Gasteiger partial charge in [0.15, 0.2) is 0 Å². The lowest BCUT2D eigenvalue weighted by molar-refractivity contribution is 0.178. The Morgan fingerprint density at radius 1 is 1.38 bits per heavy atom. The number of rotatable bonds is 0. The second-order valence-electron chi connectivity index (χ2n) is 3.35. The molecule has 0 aliphatic carbocycles. The van der Waals surface area contributed by atoms with Crippen molar-refractivity contribution in [3.8, 4) is 5.75 Å². The number of β-amino-alcohol motifs (C(OH)–C–C–N with tert-alkyl or cyclic N) is 1. The first-order chi connectivity index (χ1) is 6.27. The van der Waals surface area contributed by atoms with Gasteiger partial charge in [-0.3, -0.25) is 0 Å². The molecule has 3 nitrogen and oxygen atoms in total. The van der Waals surface area contributed by atoms with Crippen LogP contribution in [0.4, 0.5) is 0 Å². The first kappa shape index (κ1) is 8.53. The van der Waals surface area contributed by atoms with Gasteiger partial charge in [0.2, 0.25) is 0 Å². The van der Waals surface area contributed by atoms with Crippen LogP contribution in [-0.2, 0) is 6.42 Å². The van der Waals surface area contributed by atoms with Gasteiger partial charge >= 0.3 is 0 Å². The maximum Gasteiger partial charge on any atom is 0.115 e. The predicted octanol–water partition coefficient (Wildman–Crippen LogP) is 0.571. The molecule has 0 radical (unpaired) electrons. The van der Waals surface area contributed by atoms with Crippen LogP contribution in [0, 0.1) is 0 Å². The van der Waals surface area contributed by atoms with Crippen LogP contribution in [0.15, 0.2) is 18.2 Å². The van der Waals surface area contributed by atoms with Crippen molar-refractivity contribution in [1.29, 1.82) is 0 Å². The summed E-state index contributed by atoms with van der Waals surface area (Å²) >= 11 is 0. The van der Waals surface area contributed by atoms with Crippen molar-refractivity contribution in [1.82, 2.24) is 5.32 Å². The second kappa shape index (κ2) is 3.36. The van der Waals surface area contributed by atoms with E-state index in [1.54, 1.807) is 18.2 Å². The van der Waals surface area contributed by atoms with Crippen LogP contribution in [-0.4, -0.2) is 23.3 Å². The Morgan fingerprint density at radius 3 is 3.08 bits per heavy atom. The van der Waals surface area contributed by atoms with Crippen molar-refractivity contribution in [3.63, 3.8) is 0 Å². The van der Waals surface area contributed by atoms with Crippen molar-refractivity contribution in [2.45, 2.75) is 12.5 Å². The van der Waals surface area contributed by atoms with Crippen LogP contribution < -0.4 is 5.32 Å². The van der Waals surface area contributed by atoms with Gasteiger partial charge in [-0.1, -0.05) is 6.07 Å². The number of aliphatic hydroxyl groups excluding tert-OH is 1. The van der Waals surface area contributed by atoms with E-state index in [1.807, 2.05) is 0 Å². The molecule has 1 heterocycles. The smallest absolute Gasteiger partial charge is 0.115 e. The van der Waals surface area contributed by atoms with Crippen molar-refractivity contribution in [2.75, 3.05) is 13.1 Å². The molecule has 3 N–H and O–H groups in total. The molecule has 0 spiro atoms. The lowest BCUT2D eigenvalue weighted by Crippen LogP contribution is -2.19. The van der Waals surface area contributed by atoms with Crippen LogP contribution in [0.25, 0.3) is 0 Å². The molecule has 1 atom stereocenters. The minimum atomic E-state index is -0.446. The Kier molecular flexibility index (Phi) is 2.20. The number of benzene rings is 1. The van der Waals surface area contributed by atoms with Gasteiger partial charge in [0.25, 0.3) is 0 Å². The highest BCUT2D eigenvalue weighted by Crippen LogP contribution is 2.24. The van der Waals surface area contributed by atoms with E-state index in [9.17, 15) is 10.2 Å². The SMILES string of the molecule is Oc1ccc2c(c1)CCNC[C@@H]2O. The van der Waals surface area contributed by atoms with Crippen LogP contribution in [0.1, 0.15) is 17.2 Å². The average Bonchev–Trinajstić information content (AvgIpc) is 2.28. The molecule has 0 amide bonds. The molecule has 1 aliphatic rings. The van der Waals surface area contributed by atoms with Gasteiger partial charge in [-0.15, -0.1) is 0 Å². The van der Waals surface area contributed by atoms with E-state index in [-0.39, 0.29) is 5.75 Å². The molecular formula is C10H13NO2. The summed E-state index contributed by atoms with van der Waals surface area (Å²) < 4.78 is 0. The molecule has 3 heteroatoms. The monoisotopic (exact) mass is 179 g/mol. The molecule has 2 rings (SSSR count). The minimum absolute atomic E-state index is 0.271. The minimum Gasteiger partial charge on any atom is -0.508 e. The third kappa shape index (κ3) is 1.66. The molecular weight excluding hydrogens is 166 g/mol. The number of hydrogen-bond donors (Lipinski definition) is 3. The van der Waals surface area contributed by atoms with Gasteiger partial charge < -0.3 is 15.5 Å². The zero-order chi connectivity index (χ0) is 9.26. The summed E-state index contributed by atoms with van der Waals surface area (Å²) in [7, 11) is 0. The molecule has 0 saturated heterocycles. The van der Waals surface area contributed by atoms with E-state index in [4.69, 9.17) is 0 Å². The molecule has 0 aromatic heterocycles. The van der Waals surface area contributed by atoms with E-state index in [2.05, 4.69) is 5.32 Å². The van der Waals surface area contributed by atoms with E-state index < -0.39 is 6.10 Å². The van der Waals surface area contributed by atoms with Gasteiger partial charge in [0, 0.05) is 6.54 Å². The first-order valence-corrected chi connectivity index (χ1v) is 4.48. The van der Waals surface area contributed by atoms with Crippen molar-refractivity contribution >= 4 is 0 Å². The summed E-state index contributed by atoms with van der Waals surface area (Å²) in [4.78, 5) is 0. The highest BCUT2D eigenvalue weighted by atomic mass is 16.3. The molecule has 0 unspecified atom stereocenters. The Hall–Kier alpha value is -1.06. The zero-order valence-corrected chi connectivity index (χ0v) is 7.33. The van der Waals surface area contributed by atoms with Gasteiger partial charge in [-0.25, -0.2) is 0 Å². The standard InChI is InChI=1S/C10H13NO2/c12-8-1-2-9-7(5-8)3-4-11-6-10(9)13/h1-2,5,10-13H,3-4,6H2/t10-/m0/s1. The third-order valence-electron chi connectivity index (χ3n) is 2.39. The number of fused-ring (bicyclic) bond motifs is 1. The molecule has 13 heavy (non-hydrogen) atoms. The number of hydrogen-bond acceptors (Lipinski definition) is 3. The van der Waals surface area contributed by atoms with E-state index in [0.717, 1.165) is 24.1 Å². The molecule has 70 valence electrons. The van der Waals surface area contributed by atoms with Gasteiger partial charge in [0.05, 0.1) is 6.10 Å². The molecule has 1 aromatic rings. The van der Waals surface area contributed by atoms with Crippen LogP contribution in [0.2, 0.25) is 0 Å². The van der Waals surface area contributed by atoms with Crippen molar-refractivity contribution in [2.24, 2.45) is 0 Å². The molecule has 0 bridgehead atoms. The highest BCUT2D eigenvalue weighted by Gasteiger charge is 2.15. The van der Waals surface area contributed by atoms with Crippen molar-refractivity contribution < 1.29 is 10.2 Å². The van der Waals surface area contributed by atoms with Gasteiger partial charge in [0.1, 0.15) is 5.75 Å². The predicted molar refractivity (Wildman–Crippen MR) is 49.6 cm³/mol. The number of aromatic hydroxyl groups is 1. The van der Waals surface area contributed by atoms with E-state index in [1.165, 1.54) is 0 Å². The van der Waals surface area contributed by atoms with Crippen LogP contribution in [0.5, 0.6) is 5.75 Å². The highest BCUT2D eigenvalue weighted by molar-refractivity contribution is 5.37. The normalized spacial score (nSPS) is 22.1. The Bertz CT molecular complexity index is 312. The molecule has 1 aliphatic heterocycles. The number of phenols is 1. The summed E-state index contributed by atoms with van der Waals surface area (Å²) in [6.45, 7) is 1.45. The number of nitrogens with one attached hydrogen (secondary N) is 1. The van der Waals surface area contributed by atoms with Gasteiger partial charge in [-0.05, 0) is 36.2 Å². The Labute approximate surface area is 77.0 Å². The maximum atomic E-state index is 9.69. The fourth-order valence-corrected chi connectivity index (χ4v) is 1.71. The van der Waals surface area contributed by atoms with E-state index >= 15 is 0 Å². The zero-order valence-electron chi connectivity index (χ0n) is 7.33. The topological polar surface area (TPSA) is 52.5 Å². The summed E-state index contributed by atoms with van der Waals surface area (Å²) in [5.74, 6) is 0.271. The lowest BCUT2D eigenvalue weighted by atomic mass is 10.0. The van der Waals surface area contributed by atoms with Crippen LogP contribution in [0.3, 0.4) is 0 Å². The quantitative estimate of drug-likeness (QED) is 0.546. The van der Waals surface area contributed by atoms with Crippen LogP contribution >= 0.6 is 0 Å². The largest absolute Gasteiger partial charge is 0.508 e. The first-order valence-electron chi connectivity index (χ1n) is 4.48. The average molecular weight is 179 g/mol. The summed E-state index contributed by atoms with van der Waals surface area (Å²) in [6.07, 6.45) is 0.416. The fourth-order valence-electron chi connectivity index (χ4n) is 1.71. The lowest BCUT2D eigenvalue weighted by Gasteiger charge is -2.10. The molecule has 0 saturated carbocycles. The molecule has 0 fully saturated rings. The second-order valence-corrected chi connectivity index (χ2v) is 3.35. The fraction of sp³-hybridized carbons (Fsp3) is 0.400. The Balaban J connectivity index is 2.42. The number of phenolic OH excluding ortho intramolecular Hbond substituents is 1. The van der Waals surface area contributed by atoms with E-state index in [0.29, 0.717) is 6.54 Å². The Morgan fingerprint density at radius 2 is 2.23 bits per heavy atom.